The summed E-state index contributed by atoms with van der Waals surface area (Å²) in [5, 5.41) is 13.1. The molecule has 0 bridgehead atoms. The number of nitrogens with zero attached hydrogens (tertiary/aromatic N) is 2. The van der Waals surface area contributed by atoms with Crippen LogP contribution in [0.3, 0.4) is 0 Å². The third kappa shape index (κ3) is 4.58. The van der Waals surface area contributed by atoms with Crippen molar-refractivity contribution in [3.05, 3.63) is 40.7 Å². The zero-order valence-corrected chi connectivity index (χ0v) is 19.6. The summed E-state index contributed by atoms with van der Waals surface area (Å²) in [5.74, 6) is -0.904. The van der Waals surface area contributed by atoms with E-state index in [2.05, 4.69) is 5.32 Å². The van der Waals surface area contributed by atoms with Crippen LogP contribution in [0.2, 0.25) is 5.02 Å². The number of hydrogen-bond donors (Lipinski definition) is 2. The Morgan fingerprint density at radius 1 is 1.29 bits per heavy atom. The first-order valence-electron chi connectivity index (χ1n) is 10.1. The van der Waals surface area contributed by atoms with Crippen molar-refractivity contribution >= 4 is 33.4 Å². The minimum atomic E-state index is -4.11. The third-order valence-corrected chi connectivity index (χ3v) is 8.30. The van der Waals surface area contributed by atoms with Crippen LogP contribution in [-0.4, -0.2) is 59.8 Å². The van der Waals surface area contributed by atoms with Gasteiger partial charge in [0.15, 0.2) is 0 Å². The van der Waals surface area contributed by atoms with Gasteiger partial charge in [-0.3, -0.25) is 13.9 Å². The fourth-order valence-electron chi connectivity index (χ4n) is 3.94. The van der Waals surface area contributed by atoms with Crippen LogP contribution in [0.5, 0.6) is 0 Å². The van der Waals surface area contributed by atoms with Crippen LogP contribution in [-0.2, 0) is 19.6 Å². The van der Waals surface area contributed by atoms with Gasteiger partial charge in [0.25, 0.3) is 10.0 Å². The van der Waals surface area contributed by atoms with Gasteiger partial charge in [0, 0.05) is 35.9 Å². The number of rotatable bonds is 4. The van der Waals surface area contributed by atoms with Crippen molar-refractivity contribution in [1.82, 2.24) is 14.5 Å². The van der Waals surface area contributed by atoms with E-state index in [4.69, 9.17) is 11.6 Å². The number of benzene rings is 1. The lowest BCUT2D eigenvalue weighted by molar-refractivity contribution is -0.141. The molecule has 2 amide bonds. The van der Waals surface area contributed by atoms with Crippen molar-refractivity contribution in [3.63, 3.8) is 0 Å². The highest BCUT2D eigenvalue weighted by Gasteiger charge is 2.41. The first-order chi connectivity index (χ1) is 14.3. The molecular weight excluding hydrogens is 442 g/mol. The van der Waals surface area contributed by atoms with Gasteiger partial charge in [-0.1, -0.05) is 25.4 Å². The summed E-state index contributed by atoms with van der Waals surface area (Å²) in [4.78, 5) is 27.2. The fourth-order valence-corrected chi connectivity index (χ4v) is 5.90. The summed E-state index contributed by atoms with van der Waals surface area (Å²) >= 11 is 6.11. The lowest BCUT2D eigenvalue weighted by Gasteiger charge is -2.42. The number of nitrogens with one attached hydrogen (secondary N) is 1. The van der Waals surface area contributed by atoms with Crippen molar-refractivity contribution in [1.29, 1.82) is 0 Å². The van der Waals surface area contributed by atoms with E-state index < -0.39 is 33.5 Å². The molecule has 10 heteroatoms. The molecule has 8 nitrogen and oxygen atoms in total. The topological polar surface area (TPSA) is 107 Å². The van der Waals surface area contributed by atoms with Crippen LogP contribution < -0.4 is 5.32 Å². The van der Waals surface area contributed by atoms with E-state index in [0.29, 0.717) is 35.7 Å². The maximum absolute atomic E-state index is 13.4. The lowest BCUT2D eigenvalue weighted by Crippen LogP contribution is -2.54. The monoisotopic (exact) mass is 469 g/mol. The number of likely N-dealkylation sites (tertiary alicyclic amines) is 1. The normalized spacial score (nSPS) is 23.6. The average Bonchev–Trinajstić information content (AvgIpc) is 2.68. The summed E-state index contributed by atoms with van der Waals surface area (Å²) in [6, 6.07) is 1.83. The molecule has 2 atom stereocenters. The maximum atomic E-state index is 13.4. The molecule has 2 heterocycles. The van der Waals surface area contributed by atoms with Crippen LogP contribution in [0, 0.1) is 19.3 Å². The SMILES string of the molecule is Cc1cc(S(=O)(=O)N2C=CNC(=O)[C@H]2CC(=O)N2CCC(O)C(C)(C)C2)c(C)cc1Cl. The highest BCUT2D eigenvalue weighted by Crippen LogP contribution is 2.31. The molecule has 170 valence electrons. The minimum absolute atomic E-state index is 0.0356. The number of aliphatic hydroxyl groups is 1. The molecule has 2 aliphatic rings. The number of amides is 2. The summed E-state index contributed by atoms with van der Waals surface area (Å²) < 4.78 is 27.8. The van der Waals surface area contributed by atoms with E-state index >= 15 is 0 Å². The Balaban J connectivity index is 1.89. The van der Waals surface area contributed by atoms with E-state index in [1.165, 1.54) is 18.5 Å². The second-order valence-electron chi connectivity index (χ2n) is 8.85. The van der Waals surface area contributed by atoms with Gasteiger partial charge in [-0.05, 0) is 43.5 Å². The fraction of sp³-hybridized carbons (Fsp3) is 0.524. The second-order valence-corrected chi connectivity index (χ2v) is 11.1. The molecule has 0 spiro atoms. The molecule has 0 aromatic heterocycles. The third-order valence-electron chi connectivity index (χ3n) is 5.96. The van der Waals surface area contributed by atoms with Gasteiger partial charge in [0.1, 0.15) is 6.04 Å². The highest BCUT2D eigenvalue weighted by molar-refractivity contribution is 7.89. The Morgan fingerprint density at radius 3 is 2.61 bits per heavy atom. The largest absolute Gasteiger partial charge is 0.392 e. The number of aryl methyl sites for hydroxylation is 2. The van der Waals surface area contributed by atoms with Gasteiger partial charge in [-0.15, -0.1) is 0 Å². The zero-order valence-electron chi connectivity index (χ0n) is 18.1. The van der Waals surface area contributed by atoms with Gasteiger partial charge in [-0.2, -0.15) is 0 Å². The molecule has 31 heavy (non-hydrogen) atoms. The predicted molar refractivity (Wildman–Crippen MR) is 117 cm³/mol. The lowest BCUT2D eigenvalue weighted by atomic mass is 9.81. The summed E-state index contributed by atoms with van der Waals surface area (Å²) in [7, 11) is -4.11. The molecule has 2 aliphatic heterocycles. The minimum Gasteiger partial charge on any atom is -0.392 e. The van der Waals surface area contributed by atoms with Crippen molar-refractivity contribution in [2.75, 3.05) is 13.1 Å². The second kappa shape index (κ2) is 8.44. The molecule has 2 N–H and O–H groups in total. The summed E-state index contributed by atoms with van der Waals surface area (Å²) in [6.45, 7) is 7.76. The summed E-state index contributed by atoms with van der Waals surface area (Å²) in [6.07, 6.45) is 2.13. The Morgan fingerprint density at radius 2 is 1.97 bits per heavy atom. The van der Waals surface area contributed by atoms with Crippen molar-refractivity contribution in [3.8, 4) is 0 Å². The highest BCUT2D eigenvalue weighted by atomic mass is 35.5. The predicted octanol–water partition coefficient (Wildman–Crippen LogP) is 1.93. The van der Waals surface area contributed by atoms with E-state index in [0.717, 1.165) is 4.31 Å². The van der Waals surface area contributed by atoms with Gasteiger partial charge in [-0.25, -0.2) is 8.42 Å². The number of halogens is 1. The number of carbonyl (C=O) groups is 2. The van der Waals surface area contributed by atoms with Gasteiger partial charge >= 0.3 is 0 Å². The standard InChI is InChI=1S/C21H28ClN3O5S/c1-13-10-17(14(2)9-15(13)22)31(29,30)25-8-6-23-20(28)16(25)11-19(27)24-7-5-18(26)21(3,4)12-24/h6,8-10,16,18,26H,5,7,11-12H2,1-4H3,(H,23,28)/t16-,18?/m1/s1. The number of aliphatic hydroxyl groups excluding tert-OH is 1. The first-order valence-corrected chi connectivity index (χ1v) is 11.9. The molecule has 1 saturated heterocycles. The molecule has 1 unspecified atom stereocenters. The van der Waals surface area contributed by atoms with Crippen LogP contribution in [0.15, 0.2) is 29.4 Å². The number of sulfonamides is 1. The number of carbonyl (C=O) groups excluding carboxylic acids is 2. The van der Waals surface area contributed by atoms with E-state index in [9.17, 15) is 23.1 Å². The Hall–Kier alpha value is -2.10. The Labute approximate surface area is 187 Å². The van der Waals surface area contributed by atoms with Gasteiger partial charge in [0.05, 0.1) is 17.4 Å². The van der Waals surface area contributed by atoms with Crippen LogP contribution in [0.4, 0.5) is 0 Å². The average molecular weight is 470 g/mol. The molecule has 1 aromatic rings. The zero-order chi connectivity index (χ0) is 23.1. The summed E-state index contributed by atoms with van der Waals surface area (Å²) in [5.41, 5.74) is 0.566. The number of hydrogen-bond acceptors (Lipinski definition) is 5. The van der Waals surface area contributed by atoms with E-state index in [1.807, 2.05) is 13.8 Å². The maximum Gasteiger partial charge on any atom is 0.264 e. The molecule has 0 radical (unpaired) electrons. The smallest absolute Gasteiger partial charge is 0.264 e. The van der Waals surface area contributed by atoms with Crippen LogP contribution >= 0.6 is 11.6 Å². The van der Waals surface area contributed by atoms with Crippen molar-refractivity contribution < 1.29 is 23.1 Å². The quantitative estimate of drug-likeness (QED) is 0.700. The van der Waals surface area contributed by atoms with Gasteiger partial charge < -0.3 is 15.3 Å². The van der Waals surface area contributed by atoms with Crippen LogP contribution in [0.25, 0.3) is 0 Å². The first kappa shape index (κ1) is 23.6. The molecule has 0 saturated carbocycles. The molecule has 1 fully saturated rings. The van der Waals surface area contributed by atoms with Gasteiger partial charge in [0.2, 0.25) is 11.8 Å². The molecule has 0 aliphatic carbocycles. The molecule has 3 rings (SSSR count). The van der Waals surface area contributed by atoms with Crippen molar-refractivity contribution in [2.45, 2.75) is 57.6 Å². The van der Waals surface area contributed by atoms with E-state index in [1.54, 1.807) is 24.8 Å². The van der Waals surface area contributed by atoms with E-state index in [-0.39, 0.29) is 17.2 Å². The Bertz CT molecular complexity index is 1040. The Kier molecular flexibility index (Phi) is 6.42. The molecular formula is C21H28ClN3O5S. The van der Waals surface area contributed by atoms with Crippen molar-refractivity contribution in [2.24, 2.45) is 5.41 Å². The number of piperidine rings is 1. The van der Waals surface area contributed by atoms with Crippen LogP contribution in [0.1, 0.15) is 37.8 Å². The molecule has 1 aromatic carbocycles.